The summed E-state index contributed by atoms with van der Waals surface area (Å²) >= 11 is 0. The number of aliphatic carboxylic acids is 1. The zero-order valence-corrected chi connectivity index (χ0v) is 10.9. The second-order valence-electron chi connectivity index (χ2n) is 4.78. The molecule has 4 heteroatoms. The predicted octanol–water partition coefficient (Wildman–Crippen LogP) is 1.61. The summed E-state index contributed by atoms with van der Waals surface area (Å²) < 4.78 is 0. The molecule has 1 aromatic carbocycles. The summed E-state index contributed by atoms with van der Waals surface area (Å²) in [7, 11) is 0. The van der Waals surface area contributed by atoms with E-state index in [1.807, 2.05) is 25.1 Å². The van der Waals surface area contributed by atoms with Crippen LogP contribution in [0.4, 0.5) is 0 Å². The zero-order chi connectivity index (χ0) is 13.6. The highest BCUT2D eigenvalue weighted by Gasteiger charge is 2.22. The van der Waals surface area contributed by atoms with Crippen molar-refractivity contribution in [3.63, 3.8) is 0 Å². The number of carboxylic acids is 1. The molecule has 0 aromatic heterocycles. The van der Waals surface area contributed by atoms with E-state index in [-0.39, 0.29) is 0 Å². The number of aliphatic hydroxyl groups is 1. The van der Waals surface area contributed by atoms with Crippen molar-refractivity contribution >= 4 is 5.97 Å². The summed E-state index contributed by atoms with van der Waals surface area (Å²) in [4.78, 5) is 11.2. The summed E-state index contributed by atoms with van der Waals surface area (Å²) in [5, 5.41) is 22.1. The molecule has 0 aliphatic rings. The quantitative estimate of drug-likeness (QED) is 0.688. The summed E-state index contributed by atoms with van der Waals surface area (Å²) in [5.74, 6) is -1.44. The Bertz CT molecular complexity index is 376. The van der Waals surface area contributed by atoms with Crippen molar-refractivity contribution in [1.82, 2.24) is 5.32 Å². The minimum atomic E-state index is -0.857. The van der Waals surface area contributed by atoms with E-state index >= 15 is 0 Å². The fourth-order valence-corrected chi connectivity index (χ4v) is 1.64. The van der Waals surface area contributed by atoms with E-state index in [2.05, 4.69) is 5.32 Å². The lowest BCUT2D eigenvalue weighted by atomic mass is 9.98. The third-order valence-corrected chi connectivity index (χ3v) is 3.12. The molecule has 0 saturated carbocycles. The van der Waals surface area contributed by atoms with Gasteiger partial charge in [0.1, 0.15) is 0 Å². The molecule has 0 bridgehead atoms. The highest BCUT2D eigenvalue weighted by atomic mass is 16.4. The molecule has 0 saturated heterocycles. The third kappa shape index (κ3) is 4.47. The van der Waals surface area contributed by atoms with Gasteiger partial charge in [0, 0.05) is 13.1 Å². The van der Waals surface area contributed by atoms with Crippen molar-refractivity contribution in [3.8, 4) is 0 Å². The zero-order valence-electron chi connectivity index (χ0n) is 10.9. The lowest BCUT2D eigenvalue weighted by molar-refractivity contribution is -0.138. The summed E-state index contributed by atoms with van der Waals surface area (Å²) in [5.41, 5.74) is -0.0200. The SMILES string of the molecule is CCC(C)(O)CNCC(C(=O)O)c1ccccc1. The number of carbonyl (C=O) groups is 1. The number of nitrogens with one attached hydrogen (secondary N) is 1. The van der Waals surface area contributed by atoms with E-state index in [4.69, 9.17) is 0 Å². The van der Waals surface area contributed by atoms with Crippen LogP contribution >= 0.6 is 0 Å². The van der Waals surface area contributed by atoms with Gasteiger partial charge in [0.25, 0.3) is 0 Å². The third-order valence-electron chi connectivity index (χ3n) is 3.12. The number of hydrogen-bond acceptors (Lipinski definition) is 3. The van der Waals surface area contributed by atoms with Gasteiger partial charge in [-0.1, -0.05) is 37.3 Å². The van der Waals surface area contributed by atoms with Crippen LogP contribution in [0.1, 0.15) is 31.7 Å². The van der Waals surface area contributed by atoms with E-state index in [1.165, 1.54) is 0 Å². The van der Waals surface area contributed by atoms with E-state index in [9.17, 15) is 15.0 Å². The molecule has 0 heterocycles. The Balaban J connectivity index is 2.58. The summed E-state index contributed by atoms with van der Waals surface area (Å²) in [6.07, 6.45) is 0.628. The maximum absolute atomic E-state index is 11.2. The molecule has 2 unspecified atom stereocenters. The fourth-order valence-electron chi connectivity index (χ4n) is 1.64. The number of benzene rings is 1. The van der Waals surface area contributed by atoms with Gasteiger partial charge in [0.2, 0.25) is 0 Å². The Hall–Kier alpha value is -1.39. The second kappa shape index (κ2) is 6.52. The van der Waals surface area contributed by atoms with Crippen LogP contribution in [0, 0.1) is 0 Å². The molecule has 4 nitrogen and oxygen atoms in total. The van der Waals surface area contributed by atoms with Crippen LogP contribution < -0.4 is 5.32 Å². The number of carboxylic acid groups (broad SMARTS) is 1. The van der Waals surface area contributed by atoms with E-state index in [0.29, 0.717) is 19.5 Å². The lowest BCUT2D eigenvalue weighted by Crippen LogP contribution is -2.39. The normalized spacial score (nSPS) is 15.9. The molecule has 100 valence electrons. The monoisotopic (exact) mass is 251 g/mol. The van der Waals surface area contributed by atoms with E-state index in [1.54, 1.807) is 19.1 Å². The van der Waals surface area contributed by atoms with Crippen LogP contribution in [0.15, 0.2) is 30.3 Å². The van der Waals surface area contributed by atoms with Gasteiger partial charge >= 0.3 is 5.97 Å². The van der Waals surface area contributed by atoms with Crippen molar-refractivity contribution in [2.45, 2.75) is 31.8 Å². The van der Waals surface area contributed by atoms with Gasteiger partial charge in [0.15, 0.2) is 0 Å². The van der Waals surface area contributed by atoms with E-state index < -0.39 is 17.5 Å². The Labute approximate surface area is 108 Å². The standard InChI is InChI=1S/C14H21NO3/c1-3-14(2,18)10-15-9-12(13(16)17)11-7-5-4-6-8-11/h4-8,12,15,18H,3,9-10H2,1-2H3,(H,16,17). The van der Waals surface area contributed by atoms with Crippen LogP contribution in [0.25, 0.3) is 0 Å². The summed E-state index contributed by atoms with van der Waals surface area (Å²) in [6.45, 7) is 4.33. The van der Waals surface area contributed by atoms with Gasteiger partial charge in [-0.25, -0.2) is 0 Å². The van der Waals surface area contributed by atoms with E-state index in [0.717, 1.165) is 5.56 Å². The Kier molecular flexibility index (Phi) is 5.31. The molecule has 0 aliphatic carbocycles. The molecule has 3 N–H and O–H groups in total. The Morgan fingerprint density at radius 3 is 2.50 bits per heavy atom. The van der Waals surface area contributed by atoms with Gasteiger partial charge in [-0.15, -0.1) is 0 Å². The minimum Gasteiger partial charge on any atom is -0.481 e. The van der Waals surface area contributed by atoms with Gasteiger partial charge < -0.3 is 15.5 Å². The molecule has 0 radical (unpaired) electrons. The van der Waals surface area contributed by atoms with Crippen LogP contribution in [0.2, 0.25) is 0 Å². The fraction of sp³-hybridized carbons (Fsp3) is 0.500. The molecular formula is C14H21NO3. The number of rotatable bonds is 7. The average molecular weight is 251 g/mol. The largest absolute Gasteiger partial charge is 0.481 e. The molecule has 1 aromatic rings. The van der Waals surface area contributed by atoms with Gasteiger partial charge in [-0.2, -0.15) is 0 Å². The van der Waals surface area contributed by atoms with Crippen molar-refractivity contribution in [2.24, 2.45) is 0 Å². The smallest absolute Gasteiger partial charge is 0.312 e. The van der Waals surface area contributed by atoms with Gasteiger partial charge in [0.05, 0.1) is 11.5 Å². The molecule has 1 rings (SSSR count). The first-order chi connectivity index (χ1) is 8.46. The predicted molar refractivity (Wildman–Crippen MR) is 70.6 cm³/mol. The van der Waals surface area contributed by atoms with Crippen molar-refractivity contribution in [1.29, 1.82) is 0 Å². The highest BCUT2D eigenvalue weighted by molar-refractivity contribution is 5.76. The second-order valence-corrected chi connectivity index (χ2v) is 4.78. The lowest BCUT2D eigenvalue weighted by Gasteiger charge is -2.23. The van der Waals surface area contributed by atoms with Crippen molar-refractivity contribution in [2.75, 3.05) is 13.1 Å². The van der Waals surface area contributed by atoms with Crippen LogP contribution in [0.5, 0.6) is 0 Å². The number of hydrogen-bond donors (Lipinski definition) is 3. The molecule has 0 amide bonds. The average Bonchev–Trinajstić information content (AvgIpc) is 2.35. The maximum atomic E-state index is 11.2. The molecular weight excluding hydrogens is 230 g/mol. The molecule has 0 aliphatic heterocycles. The first kappa shape index (κ1) is 14.7. The minimum absolute atomic E-state index is 0.315. The Morgan fingerprint density at radius 1 is 1.39 bits per heavy atom. The first-order valence-corrected chi connectivity index (χ1v) is 6.17. The van der Waals surface area contributed by atoms with Crippen molar-refractivity contribution in [3.05, 3.63) is 35.9 Å². The molecule has 0 fully saturated rings. The summed E-state index contributed by atoms with van der Waals surface area (Å²) in [6, 6.07) is 9.12. The highest BCUT2D eigenvalue weighted by Crippen LogP contribution is 2.15. The molecule has 18 heavy (non-hydrogen) atoms. The van der Waals surface area contributed by atoms with Crippen LogP contribution in [0.3, 0.4) is 0 Å². The first-order valence-electron chi connectivity index (χ1n) is 6.17. The topological polar surface area (TPSA) is 69.6 Å². The molecule has 2 atom stereocenters. The maximum Gasteiger partial charge on any atom is 0.312 e. The van der Waals surface area contributed by atoms with Gasteiger partial charge in [-0.05, 0) is 18.9 Å². The van der Waals surface area contributed by atoms with Crippen molar-refractivity contribution < 1.29 is 15.0 Å². The van der Waals surface area contributed by atoms with Gasteiger partial charge in [-0.3, -0.25) is 4.79 Å². The molecule has 0 spiro atoms. The van der Waals surface area contributed by atoms with Crippen LogP contribution in [-0.2, 0) is 4.79 Å². The van der Waals surface area contributed by atoms with Crippen LogP contribution in [-0.4, -0.2) is 34.9 Å². The Morgan fingerprint density at radius 2 is 2.00 bits per heavy atom.